The molecule has 2 heterocycles. The van der Waals surface area contributed by atoms with Gasteiger partial charge in [0.2, 0.25) is 0 Å². The summed E-state index contributed by atoms with van der Waals surface area (Å²) in [4.78, 5) is 14.6. The normalized spacial score (nSPS) is 17.1. The fraction of sp³-hybridized carbons (Fsp3) is 0.286. The first-order chi connectivity index (χ1) is 13.1. The van der Waals surface area contributed by atoms with Crippen LogP contribution in [-0.4, -0.2) is 40.1 Å². The number of carbonyl (C=O) groups is 1. The highest BCUT2D eigenvalue weighted by Gasteiger charge is 2.22. The zero-order chi connectivity index (χ0) is 18.8. The molecule has 1 amide bonds. The minimum Gasteiger partial charge on any atom is -0.337 e. The van der Waals surface area contributed by atoms with Crippen LogP contribution in [0.2, 0.25) is 0 Å². The summed E-state index contributed by atoms with van der Waals surface area (Å²) in [5, 5.41) is 10.3. The summed E-state index contributed by atoms with van der Waals surface area (Å²) in [6.45, 7) is 3.38. The molecule has 1 aromatic heterocycles. The molecule has 2 aromatic carbocycles. The molecule has 6 heteroatoms. The SMILES string of the molecule is Cc1nnc(-c2ccccc2-c2ccc(C(=O)N3CCC[C@@H](N)C3)cc2)s1. The Bertz CT molecular complexity index is 951. The molecule has 0 unspecified atom stereocenters. The fourth-order valence-corrected chi connectivity index (χ4v) is 4.23. The summed E-state index contributed by atoms with van der Waals surface area (Å²) in [6.07, 6.45) is 1.96. The first kappa shape index (κ1) is 17.8. The Kier molecular flexibility index (Phi) is 5.01. The molecule has 0 aliphatic carbocycles. The molecular formula is C21H22N4OS. The molecule has 1 atom stereocenters. The molecule has 3 aromatic rings. The number of hydrogen-bond donors (Lipinski definition) is 1. The first-order valence-corrected chi connectivity index (χ1v) is 9.98. The Morgan fingerprint density at radius 3 is 2.52 bits per heavy atom. The highest BCUT2D eigenvalue weighted by Crippen LogP contribution is 2.33. The number of likely N-dealkylation sites (tertiary alicyclic amines) is 1. The number of benzene rings is 2. The molecule has 0 bridgehead atoms. The summed E-state index contributed by atoms with van der Waals surface area (Å²) in [6, 6.07) is 16.1. The highest BCUT2D eigenvalue weighted by atomic mass is 32.1. The Morgan fingerprint density at radius 2 is 1.85 bits per heavy atom. The average molecular weight is 379 g/mol. The molecule has 5 nitrogen and oxygen atoms in total. The Morgan fingerprint density at radius 1 is 1.11 bits per heavy atom. The van der Waals surface area contributed by atoms with Crippen LogP contribution in [0.4, 0.5) is 0 Å². The van der Waals surface area contributed by atoms with E-state index in [-0.39, 0.29) is 11.9 Å². The van der Waals surface area contributed by atoms with E-state index in [9.17, 15) is 4.79 Å². The molecule has 1 fully saturated rings. The van der Waals surface area contributed by atoms with E-state index in [1.165, 1.54) is 0 Å². The van der Waals surface area contributed by atoms with Gasteiger partial charge in [-0.3, -0.25) is 4.79 Å². The monoisotopic (exact) mass is 378 g/mol. The molecule has 1 aliphatic rings. The fourth-order valence-electron chi connectivity index (χ4n) is 3.50. The second-order valence-electron chi connectivity index (χ2n) is 6.90. The lowest BCUT2D eigenvalue weighted by molar-refractivity contribution is 0.0709. The molecular weight excluding hydrogens is 356 g/mol. The van der Waals surface area contributed by atoms with Gasteiger partial charge in [0.25, 0.3) is 5.91 Å². The van der Waals surface area contributed by atoms with Gasteiger partial charge >= 0.3 is 0 Å². The number of aryl methyl sites for hydroxylation is 1. The topological polar surface area (TPSA) is 72.1 Å². The van der Waals surface area contributed by atoms with E-state index in [2.05, 4.69) is 22.3 Å². The Balaban J connectivity index is 1.61. The van der Waals surface area contributed by atoms with Crippen LogP contribution >= 0.6 is 11.3 Å². The number of nitrogens with two attached hydrogens (primary N) is 1. The largest absolute Gasteiger partial charge is 0.337 e. The molecule has 1 saturated heterocycles. The van der Waals surface area contributed by atoms with Gasteiger partial charge in [0, 0.05) is 30.3 Å². The van der Waals surface area contributed by atoms with Crippen LogP contribution in [0.25, 0.3) is 21.7 Å². The predicted octanol–water partition coefficient (Wildman–Crippen LogP) is 3.74. The first-order valence-electron chi connectivity index (χ1n) is 9.16. The van der Waals surface area contributed by atoms with Crippen LogP contribution in [0.15, 0.2) is 48.5 Å². The summed E-state index contributed by atoms with van der Waals surface area (Å²) in [5.41, 5.74) is 9.93. The maximum Gasteiger partial charge on any atom is 0.253 e. The van der Waals surface area contributed by atoms with Crippen molar-refractivity contribution in [3.8, 4) is 21.7 Å². The minimum absolute atomic E-state index is 0.0599. The molecule has 138 valence electrons. The molecule has 0 spiro atoms. The molecule has 0 saturated carbocycles. The predicted molar refractivity (Wildman–Crippen MR) is 109 cm³/mol. The van der Waals surface area contributed by atoms with Gasteiger partial charge in [-0.2, -0.15) is 0 Å². The van der Waals surface area contributed by atoms with Crippen molar-refractivity contribution < 1.29 is 4.79 Å². The lowest BCUT2D eigenvalue weighted by atomic mass is 9.98. The van der Waals surface area contributed by atoms with E-state index in [0.717, 1.165) is 46.1 Å². The van der Waals surface area contributed by atoms with Crippen molar-refractivity contribution in [3.05, 3.63) is 59.1 Å². The third kappa shape index (κ3) is 3.77. The smallest absolute Gasteiger partial charge is 0.253 e. The minimum atomic E-state index is 0.0599. The Labute approximate surface area is 162 Å². The second kappa shape index (κ2) is 7.58. The van der Waals surface area contributed by atoms with Gasteiger partial charge in [0.15, 0.2) is 0 Å². The third-order valence-electron chi connectivity index (χ3n) is 4.87. The van der Waals surface area contributed by atoms with Crippen LogP contribution in [0.1, 0.15) is 28.2 Å². The van der Waals surface area contributed by atoms with Crippen molar-refractivity contribution in [1.82, 2.24) is 15.1 Å². The van der Waals surface area contributed by atoms with E-state index in [1.54, 1.807) is 11.3 Å². The van der Waals surface area contributed by atoms with Gasteiger partial charge in [-0.1, -0.05) is 47.7 Å². The molecule has 27 heavy (non-hydrogen) atoms. The van der Waals surface area contributed by atoms with Crippen molar-refractivity contribution in [3.63, 3.8) is 0 Å². The van der Waals surface area contributed by atoms with Gasteiger partial charge in [-0.25, -0.2) is 0 Å². The number of carbonyl (C=O) groups excluding carboxylic acids is 1. The number of aromatic nitrogens is 2. The van der Waals surface area contributed by atoms with Crippen molar-refractivity contribution in [2.45, 2.75) is 25.8 Å². The average Bonchev–Trinajstić information content (AvgIpc) is 3.14. The van der Waals surface area contributed by atoms with Crippen molar-refractivity contribution >= 4 is 17.2 Å². The summed E-state index contributed by atoms with van der Waals surface area (Å²) in [5.74, 6) is 0.0599. The number of rotatable bonds is 3. The van der Waals surface area contributed by atoms with E-state index in [1.807, 2.05) is 48.2 Å². The zero-order valence-corrected chi connectivity index (χ0v) is 16.1. The summed E-state index contributed by atoms with van der Waals surface area (Å²) >= 11 is 1.58. The van der Waals surface area contributed by atoms with Crippen LogP contribution in [-0.2, 0) is 0 Å². The van der Waals surface area contributed by atoms with Crippen molar-refractivity contribution in [2.24, 2.45) is 5.73 Å². The van der Waals surface area contributed by atoms with Gasteiger partial charge < -0.3 is 10.6 Å². The quantitative estimate of drug-likeness (QED) is 0.753. The third-order valence-corrected chi connectivity index (χ3v) is 5.74. The number of amides is 1. The molecule has 2 N–H and O–H groups in total. The molecule has 0 radical (unpaired) electrons. The van der Waals surface area contributed by atoms with Crippen LogP contribution in [0.3, 0.4) is 0 Å². The lowest BCUT2D eigenvalue weighted by Crippen LogP contribution is -2.45. The summed E-state index contributed by atoms with van der Waals surface area (Å²) < 4.78 is 0. The van der Waals surface area contributed by atoms with E-state index in [0.29, 0.717) is 12.1 Å². The second-order valence-corrected chi connectivity index (χ2v) is 8.08. The summed E-state index contributed by atoms with van der Waals surface area (Å²) in [7, 11) is 0. The van der Waals surface area contributed by atoms with Crippen LogP contribution in [0.5, 0.6) is 0 Å². The maximum absolute atomic E-state index is 12.7. The van der Waals surface area contributed by atoms with Crippen molar-refractivity contribution in [1.29, 1.82) is 0 Å². The van der Waals surface area contributed by atoms with Gasteiger partial charge in [0.1, 0.15) is 10.0 Å². The van der Waals surface area contributed by atoms with Gasteiger partial charge in [-0.05, 0) is 43.0 Å². The van der Waals surface area contributed by atoms with Crippen molar-refractivity contribution in [2.75, 3.05) is 13.1 Å². The van der Waals surface area contributed by atoms with Gasteiger partial charge in [-0.15, -0.1) is 10.2 Å². The number of hydrogen-bond acceptors (Lipinski definition) is 5. The highest BCUT2D eigenvalue weighted by molar-refractivity contribution is 7.14. The van der Waals surface area contributed by atoms with Crippen LogP contribution < -0.4 is 5.73 Å². The van der Waals surface area contributed by atoms with E-state index >= 15 is 0 Å². The zero-order valence-electron chi connectivity index (χ0n) is 15.3. The van der Waals surface area contributed by atoms with Gasteiger partial charge in [0.05, 0.1) is 0 Å². The van der Waals surface area contributed by atoms with Crippen LogP contribution in [0, 0.1) is 6.92 Å². The number of nitrogens with zero attached hydrogens (tertiary/aromatic N) is 3. The number of piperidine rings is 1. The lowest BCUT2D eigenvalue weighted by Gasteiger charge is -2.30. The Hall–Kier alpha value is -2.57. The molecule has 4 rings (SSSR count). The van der Waals surface area contributed by atoms with E-state index in [4.69, 9.17) is 5.73 Å². The van der Waals surface area contributed by atoms with E-state index < -0.39 is 0 Å². The molecule has 1 aliphatic heterocycles. The standard InChI is InChI=1S/C21H22N4OS/c1-14-23-24-20(27-14)19-7-3-2-6-18(19)15-8-10-16(11-9-15)21(26)25-12-4-5-17(22)13-25/h2-3,6-11,17H,4-5,12-13,22H2,1H3/t17-/m1/s1. The maximum atomic E-state index is 12.7.